The molecule has 1 aliphatic heterocycles. The maximum absolute atomic E-state index is 6.02. The summed E-state index contributed by atoms with van der Waals surface area (Å²) in [5.41, 5.74) is 1.00. The quantitative estimate of drug-likeness (QED) is 0.831. The Morgan fingerprint density at radius 1 is 1.35 bits per heavy atom. The van der Waals surface area contributed by atoms with E-state index < -0.39 is 0 Å². The molecule has 1 fully saturated rings. The number of benzene rings is 1. The van der Waals surface area contributed by atoms with Gasteiger partial charge in [0.05, 0.1) is 18.7 Å². The number of hydrogen-bond acceptors (Lipinski definition) is 4. The lowest BCUT2D eigenvalue weighted by molar-refractivity contribution is 0.0378. The molecule has 6 heteroatoms. The first-order valence-corrected chi connectivity index (χ1v) is 7.38. The van der Waals surface area contributed by atoms with Crippen LogP contribution in [0.15, 0.2) is 18.2 Å². The van der Waals surface area contributed by atoms with Crippen LogP contribution in [0.3, 0.4) is 0 Å². The van der Waals surface area contributed by atoms with Gasteiger partial charge >= 0.3 is 0 Å². The third-order valence-corrected chi connectivity index (χ3v) is 3.81. The van der Waals surface area contributed by atoms with Crippen LogP contribution < -0.4 is 5.32 Å². The van der Waals surface area contributed by atoms with Gasteiger partial charge in [-0.15, -0.1) is 0 Å². The number of ether oxygens (including phenoxy) is 1. The van der Waals surface area contributed by atoms with E-state index in [9.17, 15) is 0 Å². The monoisotopic (exact) mass is 294 g/mol. The van der Waals surface area contributed by atoms with Gasteiger partial charge in [0.15, 0.2) is 5.82 Å². The minimum atomic E-state index is 0.732. The van der Waals surface area contributed by atoms with Gasteiger partial charge in [-0.3, -0.25) is 10.00 Å². The van der Waals surface area contributed by atoms with E-state index in [2.05, 4.69) is 20.4 Å². The van der Waals surface area contributed by atoms with Crippen LogP contribution in [0.1, 0.15) is 6.42 Å². The number of rotatable bonds is 5. The van der Waals surface area contributed by atoms with Crippen molar-refractivity contribution in [1.29, 1.82) is 0 Å². The molecular formula is C14H19ClN4O. The van der Waals surface area contributed by atoms with E-state index in [1.54, 1.807) is 0 Å². The smallest absolute Gasteiger partial charge is 0.155 e. The number of hydrogen-bond donors (Lipinski definition) is 2. The van der Waals surface area contributed by atoms with Crippen molar-refractivity contribution in [3.05, 3.63) is 23.2 Å². The summed E-state index contributed by atoms with van der Waals surface area (Å²) in [6.07, 6.45) is 1.09. The molecule has 0 bridgehead atoms. The highest BCUT2D eigenvalue weighted by Crippen LogP contribution is 2.23. The van der Waals surface area contributed by atoms with Gasteiger partial charge in [-0.05, 0) is 31.2 Å². The van der Waals surface area contributed by atoms with Gasteiger partial charge in [-0.2, -0.15) is 5.10 Å². The summed E-state index contributed by atoms with van der Waals surface area (Å²) in [4.78, 5) is 2.44. The molecule has 2 heterocycles. The van der Waals surface area contributed by atoms with Gasteiger partial charge in [0.25, 0.3) is 0 Å². The maximum atomic E-state index is 6.02. The molecule has 1 saturated heterocycles. The second kappa shape index (κ2) is 6.43. The lowest BCUT2D eigenvalue weighted by atomic mass is 10.2. The molecule has 1 aromatic heterocycles. The maximum Gasteiger partial charge on any atom is 0.155 e. The summed E-state index contributed by atoms with van der Waals surface area (Å²) in [5.74, 6) is 0.879. The fraction of sp³-hybridized carbons (Fsp3) is 0.500. The molecule has 0 saturated carbocycles. The van der Waals surface area contributed by atoms with Crippen LogP contribution >= 0.6 is 11.6 Å². The Morgan fingerprint density at radius 3 is 3.05 bits per heavy atom. The summed E-state index contributed by atoms with van der Waals surface area (Å²) in [6.45, 7) is 5.80. The highest BCUT2D eigenvalue weighted by atomic mass is 35.5. The van der Waals surface area contributed by atoms with Gasteiger partial charge in [-0.1, -0.05) is 11.6 Å². The largest absolute Gasteiger partial charge is 0.379 e. The molecule has 5 nitrogen and oxygen atoms in total. The number of nitrogens with zero attached hydrogens (tertiary/aromatic N) is 2. The van der Waals surface area contributed by atoms with Crippen LogP contribution in [0, 0.1) is 0 Å². The van der Waals surface area contributed by atoms with Gasteiger partial charge in [0.1, 0.15) is 0 Å². The summed E-state index contributed by atoms with van der Waals surface area (Å²) in [5, 5.41) is 12.5. The lowest BCUT2D eigenvalue weighted by Gasteiger charge is -2.26. The number of halogens is 1. The molecule has 0 spiro atoms. The highest BCUT2D eigenvalue weighted by Gasteiger charge is 2.10. The minimum Gasteiger partial charge on any atom is -0.379 e. The average Bonchev–Trinajstić information content (AvgIpc) is 2.87. The van der Waals surface area contributed by atoms with Crippen LogP contribution in [0.25, 0.3) is 10.9 Å². The summed E-state index contributed by atoms with van der Waals surface area (Å²) >= 11 is 6.02. The number of morpholine rings is 1. The lowest BCUT2D eigenvalue weighted by Crippen LogP contribution is -2.37. The van der Waals surface area contributed by atoms with Gasteiger partial charge in [0.2, 0.25) is 0 Å². The van der Waals surface area contributed by atoms with Crippen LogP contribution in [-0.4, -0.2) is 54.5 Å². The third-order valence-electron chi connectivity index (χ3n) is 3.57. The zero-order valence-electron chi connectivity index (χ0n) is 11.4. The normalized spacial score (nSPS) is 16.6. The molecule has 20 heavy (non-hydrogen) atoms. The molecule has 0 radical (unpaired) electrons. The number of H-pyrrole nitrogens is 1. The average molecular weight is 295 g/mol. The van der Waals surface area contributed by atoms with Crippen molar-refractivity contribution in [3.8, 4) is 0 Å². The van der Waals surface area contributed by atoms with E-state index in [-0.39, 0.29) is 0 Å². The van der Waals surface area contributed by atoms with E-state index in [1.807, 2.05) is 18.2 Å². The first kappa shape index (κ1) is 13.7. The van der Waals surface area contributed by atoms with Crippen molar-refractivity contribution in [3.63, 3.8) is 0 Å². The van der Waals surface area contributed by atoms with Crippen molar-refractivity contribution in [2.75, 3.05) is 44.7 Å². The van der Waals surface area contributed by atoms with E-state index >= 15 is 0 Å². The predicted octanol–water partition coefficient (Wildman–Crippen LogP) is 2.35. The predicted molar refractivity (Wildman–Crippen MR) is 81.5 cm³/mol. The van der Waals surface area contributed by atoms with E-state index in [0.717, 1.165) is 67.6 Å². The molecule has 1 aromatic carbocycles. The number of aromatic nitrogens is 2. The zero-order valence-corrected chi connectivity index (χ0v) is 12.1. The van der Waals surface area contributed by atoms with E-state index in [1.165, 1.54) is 0 Å². The van der Waals surface area contributed by atoms with Gasteiger partial charge in [-0.25, -0.2) is 0 Å². The summed E-state index contributed by atoms with van der Waals surface area (Å²) < 4.78 is 5.34. The van der Waals surface area contributed by atoms with E-state index in [0.29, 0.717) is 0 Å². The second-order valence-corrected chi connectivity index (χ2v) is 5.43. The minimum absolute atomic E-state index is 0.732. The topological polar surface area (TPSA) is 53.2 Å². The van der Waals surface area contributed by atoms with Crippen molar-refractivity contribution in [1.82, 2.24) is 15.1 Å². The fourth-order valence-corrected chi connectivity index (χ4v) is 2.63. The molecule has 3 rings (SSSR count). The first-order chi connectivity index (χ1) is 9.83. The Bertz CT molecular complexity index is 565. The molecule has 0 unspecified atom stereocenters. The standard InChI is InChI=1S/C14H19ClN4O/c15-11-2-3-13-12(10-11)14(18-17-13)16-4-1-5-19-6-8-20-9-7-19/h2-3,10H,1,4-9H2,(H2,16,17,18). The Balaban J connectivity index is 1.50. The van der Waals surface area contributed by atoms with Crippen LogP contribution in [0.4, 0.5) is 5.82 Å². The zero-order chi connectivity index (χ0) is 13.8. The van der Waals surface area contributed by atoms with Crippen LogP contribution in [-0.2, 0) is 4.74 Å². The van der Waals surface area contributed by atoms with Crippen molar-refractivity contribution >= 4 is 28.3 Å². The SMILES string of the molecule is Clc1ccc2[nH]nc(NCCCN3CCOCC3)c2c1. The highest BCUT2D eigenvalue weighted by molar-refractivity contribution is 6.31. The molecule has 2 aromatic rings. The molecule has 0 atom stereocenters. The Kier molecular flexibility index (Phi) is 4.40. The first-order valence-electron chi connectivity index (χ1n) is 7.00. The molecular weight excluding hydrogens is 276 g/mol. The number of aromatic amines is 1. The fourth-order valence-electron chi connectivity index (χ4n) is 2.46. The summed E-state index contributed by atoms with van der Waals surface area (Å²) in [7, 11) is 0. The van der Waals surface area contributed by atoms with Crippen molar-refractivity contribution in [2.45, 2.75) is 6.42 Å². The Morgan fingerprint density at radius 2 is 2.20 bits per heavy atom. The third kappa shape index (κ3) is 3.23. The van der Waals surface area contributed by atoms with Gasteiger partial charge in [0, 0.05) is 30.0 Å². The van der Waals surface area contributed by atoms with Crippen molar-refractivity contribution < 1.29 is 4.74 Å². The second-order valence-electron chi connectivity index (χ2n) is 5.00. The Hall–Kier alpha value is -1.30. The molecule has 0 amide bonds. The number of nitrogens with one attached hydrogen (secondary N) is 2. The van der Waals surface area contributed by atoms with Crippen molar-refractivity contribution in [2.24, 2.45) is 0 Å². The van der Waals surface area contributed by atoms with Crippen LogP contribution in [0.5, 0.6) is 0 Å². The Labute approximate surface area is 123 Å². The molecule has 0 aliphatic carbocycles. The van der Waals surface area contributed by atoms with Gasteiger partial charge < -0.3 is 10.1 Å². The summed E-state index contributed by atoms with van der Waals surface area (Å²) in [6, 6.07) is 5.75. The van der Waals surface area contributed by atoms with E-state index in [4.69, 9.17) is 16.3 Å². The molecule has 108 valence electrons. The van der Waals surface area contributed by atoms with Crippen LogP contribution in [0.2, 0.25) is 5.02 Å². The molecule has 2 N–H and O–H groups in total. The number of fused-ring (bicyclic) bond motifs is 1. The number of anilines is 1. The molecule has 1 aliphatic rings.